The van der Waals surface area contributed by atoms with E-state index in [0.29, 0.717) is 5.56 Å². The highest BCUT2D eigenvalue weighted by Gasteiger charge is 2.24. The van der Waals surface area contributed by atoms with Crippen LogP contribution < -0.4 is 4.74 Å². The smallest absolute Gasteiger partial charge is 0.338 e. The molecule has 0 aliphatic rings. The lowest BCUT2D eigenvalue weighted by atomic mass is 9.98. The Kier molecular flexibility index (Phi) is 7.20. The van der Waals surface area contributed by atoms with Gasteiger partial charge in [0.05, 0.1) is 43.0 Å². The molecular weight excluding hydrogens is 426 g/mol. The maximum Gasteiger partial charge on any atom is 0.338 e. The first-order valence-corrected chi connectivity index (χ1v) is 9.79. The van der Waals surface area contributed by atoms with E-state index in [1.54, 1.807) is 19.2 Å². The van der Waals surface area contributed by atoms with Crippen molar-refractivity contribution in [2.75, 3.05) is 21.3 Å². The summed E-state index contributed by atoms with van der Waals surface area (Å²) >= 11 is 0. The van der Waals surface area contributed by atoms with Gasteiger partial charge in [-0.05, 0) is 47.0 Å². The molecule has 168 valence electrons. The van der Waals surface area contributed by atoms with E-state index in [0.717, 1.165) is 22.9 Å². The number of carbonyl (C=O) groups is 2. The van der Waals surface area contributed by atoms with Crippen molar-refractivity contribution in [2.45, 2.75) is 0 Å². The van der Waals surface area contributed by atoms with Crippen molar-refractivity contribution in [3.8, 4) is 16.9 Å². The average molecular weight is 447 g/mol. The zero-order valence-corrected chi connectivity index (χ0v) is 18.2. The lowest BCUT2D eigenvalue weighted by molar-refractivity contribution is -0.385. The average Bonchev–Trinajstić information content (AvgIpc) is 2.86. The number of esters is 2. The van der Waals surface area contributed by atoms with Crippen molar-refractivity contribution in [1.82, 2.24) is 0 Å². The topological polar surface area (TPSA) is 105 Å². The van der Waals surface area contributed by atoms with Gasteiger partial charge in [0.15, 0.2) is 0 Å². The number of ether oxygens (including phenoxy) is 3. The van der Waals surface area contributed by atoms with Gasteiger partial charge in [0.2, 0.25) is 0 Å². The van der Waals surface area contributed by atoms with Gasteiger partial charge in [0.25, 0.3) is 5.69 Å². The van der Waals surface area contributed by atoms with Crippen molar-refractivity contribution in [1.29, 1.82) is 0 Å². The van der Waals surface area contributed by atoms with E-state index in [2.05, 4.69) is 4.74 Å². The highest BCUT2D eigenvalue weighted by molar-refractivity contribution is 6.22. The van der Waals surface area contributed by atoms with E-state index < -0.39 is 22.5 Å². The second-order valence-electron chi connectivity index (χ2n) is 6.88. The summed E-state index contributed by atoms with van der Waals surface area (Å²) in [4.78, 5) is 35.3. The Labute approximate surface area is 190 Å². The summed E-state index contributed by atoms with van der Waals surface area (Å²) in [6.45, 7) is 0. The van der Waals surface area contributed by atoms with Crippen molar-refractivity contribution in [3.05, 3.63) is 93.5 Å². The maximum absolute atomic E-state index is 12.5. The van der Waals surface area contributed by atoms with Crippen molar-refractivity contribution in [3.63, 3.8) is 0 Å². The molecule has 0 radical (unpaired) electrons. The fourth-order valence-corrected chi connectivity index (χ4v) is 3.23. The van der Waals surface area contributed by atoms with Gasteiger partial charge < -0.3 is 14.2 Å². The summed E-state index contributed by atoms with van der Waals surface area (Å²) in [5.41, 5.74) is 2.16. The maximum atomic E-state index is 12.5. The van der Waals surface area contributed by atoms with Crippen molar-refractivity contribution >= 4 is 29.3 Å². The second-order valence-corrected chi connectivity index (χ2v) is 6.88. The van der Waals surface area contributed by atoms with E-state index in [1.165, 1.54) is 32.4 Å². The first kappa shape index (κ1) is 23.2. The number of carbonyl (C=O) groups excluding carboxylic acids is 2. The van der Waals surface area contributed by atoms with Crippen LogP contribution in [-0.2, 0) is 14.3 Å². The summed E-state index contributed by atoms with van der Waals surface area (Å²) in [6, 6.07) is 18.7. The van der Waals surface area contributed by atoms with Crippen molar-refractivity contribution in [2.24, 2.45) is 0 Å². The highest BCUT2D eigenvalue weighted by Crippen LogP contribution is 2.31. The van der Waals surface area contributed by atoms with E-state index in [-0.39, 0.29) is 16.7 Å². The fourth-order valence-electron chi connectivity index (χ4n) is 3.23. The molecule has 0 amide bonds. The van der Waals surface area contributed by atoms with E-state index in [1.807, 2.05) is 36.4 Å². The zero-order valence-electron chi connectivity index (χ0n) is 18.2. The van der Waals surface area contributed by atoms with E-state index in [4.69, 9.17) is 9.47 Å². The third-order valence-electron chi connectivity index (χ3n) is 4.96. The molecule has 3 rings (SSSR count). The highest BCUT2D eigenvalue weighted by atomic mass is 16.6. The summed E-state index contributed by atoms with van der Waals surface area (Å²) in [5, 5.41) is 11.7. The molecule has 8 heteroatoms. The summed E-state index contributed by atoms with van der Waals surface area (Å²) in [6.07, 6.45) is 1.50. The number of hydrogen-bond donors (Lipinski definition) is 0. The molecule has 3 aromatic carbocycles. The van der Waals surface area contributed by atoms with Crippen molar-refractivity contribution < 1.29 is 28.7 Å². The van der Waals surface area contributed by atoms with Crippen LogP contribution in [0.25, 0.3) is 22.8 Å². The quantitative estimate of drug-likeness (QED) is 0.169. The zero-order chi connectivity index (χ0) is 24.0. The van der Waals surface area contributed by atoms with Gasteiger partial charge >= 0.3 is 11.9 Å². The van der Waals surface area contributed by atoms with Gasteiger partial charge in [-0.1, -0.05) is 36.4 Å². The van der Waals surface area contributed by atoms with E-state index in [9.17, 15) is 19.7 Å². The molecule has 0 saturated carbocycles. The number of rotatable bonds is 7. The Bertz CT molecular complexity index is 1210. The number of nitro groups is 1. The van der Waals surface area contributed by atoms with Gasteiger partial charge in [-0.15, -0.1) is 0 Å². The molecular formula is C25H21NO7. The lowest BCUT2D eigenvalue weighted by Gasteiger charge is -2.09. The summed E-state index contributed by atoms with van der Waals surface area (Å²) in [7, 11) is 3.97. The molecule has 0 aliphatic heterocycles. The molecule has 0 aromatic heterocycles. The lowest BCUT2D eigenvalue weighted by Crippen LogP contribution is -2.08. The standard InChI is InChI=1S/C25H21NO7/c1-31-20-11-8-18(9-12-20)17-6-4-16(5-7-17)14-22(25(28)33-3)21-13-10-19(24(27)32-2)15-23(21)26(29)30/h4-15H,1-3H3/b22-14+. The van der Waals surface area contributed by atoms with Crippen LogP contribution in [0.4, 0.5) is 5.69 Å². The van der Waals surface area contributed by atoms with Crippen LogP contribution in [0.1, 0.15) is 21.5 Å². The number of methoxy groups -OCH3 is 3. The van der Waals surface area contributed by atoms with Crippen LogP contribution in [0, 0.1) is 10.1 Å². The Morgan fingerprint density at radius 3 is 1.97 bits per heavy atom. The third kappa shape index (κ3) is 5.24. The van der Waals surface area contributed by atoms with Crippen LogP contribution >= 0.6 is 0 Å². The van der Waals surface area contributed by atoms with Gasteiger partial charge in [0.1, 0.15) is 5.75 Å². The Morgan fingerprint density at radius 2 is 1.45 bits per heavy atom. The predicted octanol–water partition coefficient (Wildman–Crippen LogP) is 4.77. The molecule has 0 fully saturated rings. The van der Waals surface area contributed by atoms with Gasteiger partial charge in [-0.25, -0.2) is 9.59 Å². The molecule has 0 heterocycles. The number of benzene rings is 3. The molecule has 3 aromatic rings. The summed E-state index contributed by atoms with van der Waals surface area (Å²) < 4.78 is 14.6. The molecule has 8 nitrogen and oxygen atoms in total. The Morgan fingerprint density at radius 1 is 0.848 bits per heavy atom. The van der Waals surface area contributed by atoms with Crippen LogP contribution in [0.3, 0.4) is 0 Å². The van der Waals surface area contributed by atoms with Crippen LogP contribution in [0.2, 0.25) is 0 Å². The Balaban J connectivity index is 2.03. The summed E-state index contributed by atoms with van der Waals surface area (Å²) in [5.74, 6) is -0.716. The predicted molar refractivity (Wildman–Crippen MR) is 123 cm³/mol. The van der Waals surface area contributed by atoms with Gasteiger partial charge in [-0.2, -0.15) is 0 Å². The first-order chi connectivity index (χ1) is 15.9. The minimum absolute atomic E-state index is 0.000935. The largest absolute Gasteiger partial charge is 0.497 e. The van der Waals surface area contributed by atoms with E-state index >= 15 is 0 Å². The fraction of sp³-hybridized carbons (Fsp3) is 0.120. The SMILES string of the molecule is COC(=O)/C(=C/c1ccc(-c2ccc(OC)cc2)cc1)c1ccc(C(=O)OC)cc1[N+](=O)[O-]. The molecule has 33 heavy (non-hydrogen) atoms. The minimum Gasteiger partial charge on any atom is -0.497 e. The molecule has 0 unspecified atom stereocenters. The molecule has 0 atom stereocenters. The monoisotopic (exact) mass is 447 g/mol. The minimum atomic E-state index is -0.747. The molecule has 0 saturated heterocycles. The van der Waals surface area contributed by atoms with Gasteiger partial charge in [0, 0.05) is 6.07 Å². The molecule has 0 aliphatic carbocycles. The number of hydrogen-bond acceptors (Lipinski definition) is 7. The number of nitrogens with zero attached hydrogens (tertiary/aromatic N) is 1. The third-order valence-corrected chi connectivity index (χ3v) is 4.96. The van der Waals surface area contributed by atoms with Gasteiger partial charge in [-0.3, -0.25) is 10.1 Å². The van der Waals surface area contributed by atoms with Crippen LogP contribution in [-0.4, -0.2) is 38.2 Å². The molecule has 0 N–H and O–H groups in total. The Hall–Kier alpha value is -4.46. The first-order valence-electron chi connectivity index (χ1n) is 9.79. The second kappa shape index (κ2) is 10.2. The van der Waals surface area contributed by atoms with Crippen LogP contribution in [0.15, 0.2) is 66.7 Å². The normalized spacial score (nSPS) is 10.9. The molecule has 0 spiro atoms. The van der Waals surface area contributed by atoms with Crippen LogP contribution in [0.5, 0.6) is 5.75 Å². The molecule has 0 bridgehead atoms. The number of nitro benzene ring substituents is 1.